The van der Waals surface area contributed by atoms with Gasteiger partial charge >= 0.3 is 0 Å². The number of nitrogens with zero attached hydrogens (tertiary/aromatic N) is 1. The monoisotopic (exact) mass is 164 g/mol. The smallest absolute Gasteiger partial charge is 0.0776 e. The molecule has 0 aliphatic heterocycles. The van der Waals surface area contributed by atoms with Crippen LogP contribution in [0.4, 0.5) is 4.48 Å². The van der Waals surface area contributed by atoms with E-state index in [2.05, 4.69) is 26.1 Å². The van der Waals surface area contributed by atoms with Crippen LogP contribution in [-0.2, 0) is 0 Å². The second kappa shape index (κ2) is 9.85. The number of rotatable bonds is 3. The minimum atomic E-state index is 0.292. The van der Waals surface area contributed by atoms with Crippen molar-refractivity contribution in [1.82, 2.24) is 10.4 Å². The van der Waals surface area contributed by atoms with E-state index in [4.69, 9.17) is 0 Å². The minimum Gasteiger partial charge on any atom is -0.305 e. The molecule has 0 bridgehead atoms. The van der Waals surface area contributed by atoms with Gasteiger partial charge in [0.15, 0.2) is 0 Å². The maximum absolute atomic E-state index is 11.5. The lowest BCUT2D eigenvalue weighted by Gasteiger charge is -1.99. The van der Waals surface area contributed by atoms with Gasteiger partial charge in [0.05, 0.1) is 6.67 Å². The van der Waals surface area contributed by atoms with Crippen molar-refractivity contribution in [2.24, 2.45) is 5.92 Å². The quantitative estimate of drug-likeness (QED) is 0.507. The SMILES string of the molecule is CCC(C)C.CNCN(C)F. The molecule has 0 atom stereocenters. The molecule has 0 aromatic carbocycles. The Morgan fingerprint density at radius 2 is 1.82 bits per heavy atom. The van der Waals surface area contributed by atoms with Crippen molar-refractivity contribution in [2.45, 2.75) is 27.2 Å². The predicted octanol–water partition coefficient (Wildman–Crippen LogP) is 2.03. The molecule has 0 aliphatic carbocycles. The first kappa shape index (κ1) is 13.4. The summed E-state index contributed by atoms with van der Waals surface area (Å²) in [4.78, 5) is 0. The lowest BCUT2D eigenvalue weighted by Crippen LogP contribution is -2.20. The zero-order chi connectivity index (χ0) is 9.28. The molecule has 70 valence electrons. The standard InChI is InChI=1S/C5H12.C3H9FN2/c1-4-5(2)3;1-5-3-6(2)4/h5H,4H2,1-3H3;5H,3H2,1-2H3. The van der Waals surface area contributed by atoms with E-state index in [1.165, 1.54) is 13.5 Å². The highest BCUT2D eigenvalue weighted by atomic mass is 19.2. The second-order valence-corrected chi connectivity index (χ2v) is 2.92. The minimum absolute atomic E-state index is 0.292. The molecule has 0 saturated carbocycles. The van der Waals surface area contributed by atoms with Crippen LogP contribution in [0.3, 0.4) is 0 Å². The molecule has 0 rings (SSSR count). The van der Waals surface area contributed by atoms with E-state index in [1.807, 2.05) is 0 Å². The third-order valence-electron chi connectivity index (χ3n) is 1.19. The molecule has 0 spiro atoms. The van der Waals surface area contributed by atoms with Crippen LogP contribution >= 0.6 is 0 Å². The largest absolute Gasteiger partial charge is 0.305 e. The zero-order valence-electron chi connectivity index (χ0n) is 8.32. The van der Waals surface area contributed by atoms with Crippen molar-refractivity contribution in [2.75, 3.05) is 20.8 Å². The molecule has 0 saturated heterocycles. The summed E-state index contributed by atoms with van der Waals surface area (Å²) in [5.74, 6) is 0.884. The average Bonchev–Trinajstić information content (AvgIpc) is 1.89. The Morgan fingerprint density at radius 1 is 1.45 bits per heavy atom. The van der Waals surface area contributed by atoms with Crippen molar-refractivity contribution in [3.8, 4) is 0 Å². The van der Waals surface area contributed by atoms with Gasteiger partial charge in [-0.25, -0.2) is 0 Å². The highest BCUT2D eigenvalue weighted by Gasteiger charge is 1.83. The third kappa shape index (κ3) is 25.8. The predicted molar refractivity (Wildman–Crippen MR) is 47.9 cm³/mol. The van der Waals surface area contributed by atoms with Gasteiger partial charge in [-0.3, -0.25) is 0 Å². The third-order valence-corrected chi connectivity index (χ3v) is 1.19. The number of nitrogens with one attached hydrogen (secondary N) is 1. The van der Waals surface area contributed by atoms with Crippen molar-refractivity contribution >= 4 is 0 Å². The topological polar surface area (TPSA) is 15.3 Å². The Bertz CT molecular complexity index is 65.1. The van der Waals surface area contributed by atoms with Crippen LogP contribution < -0.4 is 5.32 Å². The van der Waals surface area contributed by atoms with Crippen molar-refractivity contribution in [1.29, 1.82) is 0 Å². The van der Waals surface area contributed by atoms with Gasteiger partial charge in [-0.15, -0.1) is 9.60 Å². The van der Waals surface area contributed by atoms with Gasteiger partial charge in [0.2, 0.25) is 0 Å². The lowest BCUT2D eigenvalue weighted by molar-refractivity contribution is 0.0529. The molecule has 0 aromatic rings. The maximum atomic E-state index is 11.5. The summed E-state index contributed by atoms with van der Waals surface area (Å²) in [6.07, 6.45) is 1.31. The Balaban J connectivity index is 0. The number of hydrogen-bond acceptors (Lipinski definition) is 2. The fourth-order valence-corrected chi connectivity index (χ4v) is 0.218. The van der Waals surface area contributed by atoms with Gasteiger partial charge < -0.3 is 5.32 Å². The van der Waals surface area contributed by atoms with Crippen LogP contribution in [0.2, 0.25) is 0 Å². The van der Waals surface area contributed by atoms with Gasteiger partial charge in [0.25, 0.3) is 0 Å². The van der Waals surface area contributed by atoms with E-state index in [1.54, 1.807) is 7.05 Å². The summed E-state index contributed by atoms with van der Waals surface area (Å²) in [6, 6.07) is 0. The Hall–Kier alpha value is -0.150. The normalized spacial score (nSPS) is 9.82. The van der Waals surface area contributed by atoms with Crippen molar-refractivity contribution < 1.29 is 4.48 Å². The average molecular weight is 164 g/mol. The van der Waals surface area contributed by atoms with Gasteiger partial charge in [-0.1, -0.05) is 27.2 Å². The summed E-state index contributed by atoms with van der Waals surface area (Å²) in [5.41, 5.74) is 0. The Morgan fingerprint density at radius 3 is 1.82 bits per heavy atom. The van der Waals surface area contributed by atoms with E-state index in [0.717, 1.165) is 5.92 Å². The molecule has 0 fully saturated rings. The molecular weight excluding hydrogens is 143 g/mol. The fraction of sp³-hybridized carbons (Fsp3) is 1.00. The first-order chi connectivity index (χ1) is 5.04. The van der Waals surface area contributed by atoms with Crippen LogP contribution in [0.25, 0.3) is 0 Å². The van der Waals surface area contributed by atoms with E-state index in [0.29, 0.717) is 11.8 Å². The summed E-state index contributed by atoms with van der Waals surface area (Å²) in [5, 5.41) is 3.19. The number of hydrogen-bond donors (Lipinski definition) is 1. The van der Waals surface area contributed by atoms with E-state index in [-0.39, 0.29) is 0 Å². The highest BCUT2D eigenvalue weighted by molar-refractivity contribution is 4.32. The molecule has 0 heterocycles. The highest BCUT2D eigenvalue weighted by Crippen LogP contribution is 1.93. The van der Waals surface area contributed by atoms with E-state index >= 15 is 0 Å². The van der Waals surface area contributed by atoms with E-state index < -0.39 is 0 Å². The zero-order valence-corrected chi connectivity index (χ0v) is 8.32. The van der Waals surface area contributed by atoms with Gasteiger partial charge in [-0.2, -0.15) is 0 Å². The molecule has 2 nitrogen and oxygen atoms in total. The first-order valence-corrected chi connectivity index (χ1v) is 4.06. The summed E-state index contributed by atoms with van der Waals surface area (Å²) < 4.78 is 11.5. The van der Waals surface area contributed by atoms with Crippen LogP contribution in [0.5, 0.6) is 0 Å². The van der Waals surface area contributed by atoms with Crippen LogP contribution in [0.1, 0.15) is 27.2 Å². The maximum Gasteiger partial charge on any atom is 0.0776 e. The molecule has 0 unspecified atom stereocenters. The molecule has 0 aliphatic rings. The molecule has 11 heavy (non-hydrogen) atoms. The van der Waals surface area contributed by atoms with Gasteiger partial charge in [0.1, 0.15) is 0 Å². The van der Waals surface area contributed by atoms with Gasteiger partial charge in [-0.05, 0) is 13.0 Å². The van der Waals surface area contributed by atoms with Crippen molar-refractivity contribution in [3.05, 3.63) is 0 Å². The van der Waals surface area contributed by atoms with E-state index in [9.17, 15) is 4.48 Å². The Labute approximate surface area is 69.7 Å². The number of halogens is 1. The molecule has 0 amide bonds. The molecular formula is C8H21FN2. The van der Waals surface area contributed by atoms with Crippen LogP contribution in [0.15, 0.2) is 0 Å². The van der Waals surface area contributed by atoms with Crippen molar-refractivity contribution in [3.63, 3.8) is 0 Å². The lowest BCUT2D eigenvalue weighted by atomic mass is 10.2. The fourth-order valence-electron chi connectivity index (χ4n) is 0.218. The van der Waals surface area contributed by atoms with Gasteiger partial charge in [0, 0.05) is 7.05 Å². The van der Waals surface area contributed by atoms with Crippen LogP contribution in [-0.4, -0.2) is 25.9 Å². The molecule has 0 aromatic heterocycles. The van der Waals surface area contributed by atoms with Crippen LogP contribution in [0, 0.1) is 5.92 Å². The summed E-state index contributed by atoms with van der Waals surface area (Å²) in [6.45, 7) is 6.94. The molecule has 0 radical (unpaired) electrons. The summed E-state index contributed by atoms with van der Waals surface area (Å²) >= 11 is 0. The first-order valence-electron chi connectivity index (χ1n) is 4.06. The summed E-state index contributed by atoms with van der Waals surface area (Å²) in [7, 11) is 3.05. The molecule has 3 heteroatoms. The second-order valence-electron chi connectivity index (χ2n) is 2.92. The Kier molecular flexibility index (Phi) is 12.0. The molecule has 1 N–H and O–H groups in total.